The third kappa shape index (κ3) is 2.35. The fourth-order valence-corrected chi connectivity index (χ4v) is 2.18. The van der Waals surface area contributed by atoms with Gasteiger partial charge < -0.3 is 4.90 Å². The minimum atomic E-state index is 0.0661. The number of hydrogen-bond donors (Lipinski definition) is 0. The van der Waals surface area contributed by atoms with Gasteiger partial charge in [0, 0.05) is 18.8 Å². The number of halogens is 1. The second kappa shape index (κ2) is 4.83. The van der Waals surface area contributed by atoms with E-state index in [1.165, 1.54) is 6.42 Å². The van der Waals surface area contributed by atoms with E-state index in [0.717, 1.165) is 19.4 Å². The molecule has 2 heterocycles. The lowest BCUT2D eigenvalue weighted by Gasteiger charge is -2.33. The lowest BCUT2D eigenvalue weighted by molar-refractivity contribution is 0.0635. The molecule has 0 aromatic carbocycles. The molecule has 1 saturated heterocycles. The van der Waals surface area contributed by atoms with Crippen LogP contribution in [0.5, 0.6) is 0 Å². The van der Waals surface area contributed by atoms with Crippen LogP contribution in [0.25, 0.3) is 0 Å². The van der Waals surface area contributed by atoms with Gasteiger partial charge in [0.1, 0.15) is 5.15 Å². The van der Waals surface area contributed by atoms with E-state index >= 15 is 0 Å². The van der Waals surface area contributed by atoms with Gasteiger partial charge in [-0.25, -0.2) is 4.98 Å². The summed E-state index contributed by atoms with van der Waals surface area (Å²) in [5.74, 6) is 0.0661. The summed E-state index contributed by atoms with van der Waals surface area (Å²) in [5, 5.41) is 0.420. The molecule has 16 heavy (non-hydrogen) atoms. The first-order valence-corrected chi connectivity index (χ1v) is 5.99. The van der Waals surface area contributed by atoms with E-state index in [0.29, 0.717) is 16.8 Å². The summed E-state index contributed by atoms with van der Waals surface area (Å²) in [6.07, 6.45) is 4.94. The van der Waals surface area contributed by atoms with E-state index in [-0.39, 0.29) is 5.91 Å². The van der Waals surface area contributed by atoms with Crippen molar-refractivity contribution in [3.05, 3.63) is 29.0 Å². The van der Waals surface area contributed by atoms with Crippen LogP contribution in [0.15, 0.2) is 18.3 Å². The van der Waals surface area contributed by atoms with Gasteiger partial charge in [-0.3, -0.25) is 4.79 Å². The van der Waals surface area contributed by atoms with Gasteiger partial charge in [0.05, 0.1) is 5.56 Å². The van der Waals surface area contributed by atoms with Crippen LogP contribution in [-0.2, 0) is 0 Å². The molecule has 0 aliphatic carbocycles. The number of carbonyl (C=O) groups excluding carboxylic acids is 1. The second-order valence-corrected chi connectivity index (χ2v) is 4.60. The number of rotatable bonds is 1. The molecular weight excluding hydrogens is 224 g/mol. The highest BCUT2D eigenvalue weighted by Gasteiger charge is 2.24. The van der Waals surface area contributed by atoms with Crippen molar-refractivity contribution in [2.24, 2.45) is 0 Å². The zero-order chi connectivity index (χ0) is 11.5. The monoisotopic (exact) mass is 238 g/mol. The number of amides is 1. The minimum Gasteiger partial charge on any atom is -0.336 e. The van der Waals surface area contributed by atoms with Gasteiger partial charge in [0.15, 0.2) is 0 Å². The molecule has 0 saturated carbocycles. The third-order valence-corrected chi connectivity index (χ3v) is 3.26. The molecule has 0 unspecified atom stereocenters. The van der Waals surface area contributed by atoms with E-state index in [2.05, 4.69) is 11.9 Å². The molecular formula is C12H15ClN2O. The molecule has 2 rings (SSSR count). The molecule has 1 aromatic heterocycles. The number of aromatic nitrogens is 1. The number of pyridine rings is 1. The Morgan fingerprint density at radius 3 is 2.94 bits per heavy atom. The van der Waals surface area contributed by atoms with Crippen molar-refractivity contribution in [2.75, 3.05) is 6.54 Å². The number of piperidine rings is 1. The predicted molar refractivity (Wildman–Crippen MR) is 63.6 cm³/mol. The van der Waals surface area contributed by atoms with Gasteiger partial charge in [0.25, 0.3) is 5.91 Å². The Morgan fingerprint density at radius 2 is 2.31 bits per heavy atom. The van der Waals surface area contributed by atoms with E-state index in [1.54, 1.807) is 18.3 Å². The summed E-state index contributed by atoms with van der Waals surface area (Å²) < 4.78 is 0. The van der Waals surface area contributed by atoms with Gasteiger partial charge in [-0.1, -0.05) is 11.6 Å². The highest BCUT2D eigenvalue weighted by atomic mass is 35.5. The second-order valence-electron chi connectivity index (χ2n) is 4.21. The Balaban J connectivity index is 2.14. The van der Waals surface area contributed by atoms with Gasteiger partial charge in [-0.05, 0) is 38.3 Å². The molecule has 1 amide bonds. The summed E-state index contributed by atoms with van der Waals surface area (Å²) >= 11 is 5.69. The average molecular weight is 239 g/mol. The summed E-state index contributed by atoms with van der Waals surface area (Å²) in [7, 11) is 0. The molecule has 4 heteroatoms. The molecule has 1 fully saturated rings. The fourth-order valence-electron chi connectivity index (χ4n) is 2.07. The molecule has 1 aromatic rings. The van der Waals surface area contributed by atoms with Crippen molar-refractivity contribution in [1.29, 1.82) is 0 Å². The van der Waals surface area contributed by atoms with Crippen LogP contribution in [0.1, 0.15) is 36.5 Å². The normalized spacial score (nSPS) is 20.9. The van der Waals surface area contributed by atoms with Crippen molar-refractivity contribution >= 4 is 17.5 Å². The summed E-state index contributed by atoms with van der Waals surface area (Å²) in [5.41, 5.74) is 0.623. The Bertz CT molecular complexity index is 377. The largest absolute Gasteiger partial charge is 0.336 e. The first-order valence-electron chi connectivity index (χ1n) is 5.61. The van der Waals surface area contributed by atoms with Crippen LogP contribution >= 0.6 is 11.6 Å². The zero-order valence-electron chi connectivity index (χ0n) is 9.32. The molecule has 86 valence electrons. The first kappa shape index (κ1) is 11.4. The molecule has 1 aliphatic rings. The standard InChI is InChI=1S/C12H15ClN2O/c1-9-4-2-3-7-15(9)12(16)10-5-6-11(13)14-8-10/h5-6,8-9H,2-4,7H2,1H3/t9-/m0/s1. The Labute approximate surface area is 100 Å². The van der Waals surface area contributed by atoms with Crippen molar-refractivity contribution in [3.8, 4) is 0 Å². The van der Waals surface area contributed by atoms with Gasteiger partial charge in [-0.15, -0.1) is 0 Å². The molecule has 0 spiro atoms. The maximum absolute atomic E-state index is 12.2. The van der Waals surface area contributed by atoms with Gasteiger partial charge in [-0.2, -0.15) is 0 Å². The lowest BCUT2D eigenvalue weighted by Crippen LogP contribution is -2.42. The number of hydrogen-bond acceptors (Lipinski definition) is 2. The molecule has 3 nitrogen and oxygen atoms in total. The molecule has 1 aliphatic heterocycles. The minimum absolute atomic E-state index is 0.0661. The number of likely N-dealkylation sites (tertiary alicyclic amines) is 1. The highest BCUT2D eigenvalue weighted by molar-refractivity contribution is 6.29. The molecule has 0 bridgehead atoms. The third-order valence-electron chi connectivity index (χ3n) is 3.04. The molecule has 1 atom stereocenters. The van der Waals surface area contributed by atoms with Crippen LogP contribution in [-0.4, -0.2) is 28.4 Å². The average Bonchev–Trinajstić information content (AvgIpc) is 2.30. The Kier molecular flexibility index (Phi) is 3.44. The quantitative estimate of drug-likeness (QED) is 0.705. The number of carbonyl (C=O) groups is 1. The predicted octanol–water partition coefficient (Wildman–Crippen LogP) is 2.75. The summed E-state index contributed by atoms with van der Waals surface area (Å²) in [6.45, 7) is 2.95. The van der Waals surface area contributed by atoms with E-state index in [9.17, 15) is 4.79 Å². The van der Waals surface area contributed by atoms with Crippen LogP contribution in [0, 0.1) is 0 Å². The first-order chi connectivity index (χ1) is 7.68. The lowest BCUT2D eigenvalue weighted by atomic mass is 10.0. The summed E-state index contributed by atoms with van der Waals surface area (Å²) in [4.78, 5) is 18.0. The van der Waals surface area contributed by atoms with Crippen LogP contribution in [0.3, 0.4) is 0 Å². The van der Waals surface area contributed by atoms with Crippen molar-refractivity contribution in [2.45, 2.75) is 32.2 Å². The SMILES string of the molecule is C[C@H]1CCCCN1C(=O)c1ccc(Cl)nc1. The topological polar surface area (TPSA) is 33.2 Å². The highest BCUT2D eigenvalue weighted by Crippen LogP contribution is 2.19. The van der Waals surface area contributed by atoms with Gasteiger partial charge in [0.2, 0.25) is 0 Å². The van der Waals surface area contributed by atoms with Crippen LogP contribution < -0.4 is 0 Å². The summed E-state index contributed by atoms with van der Waals surface area (Å²) in [6, 6.07) is 3.72. The van der Waals surface area contributed by atoms with Crippen LogP contribution in [0.2, 0.25) is 5.15 Å². The zero-order valence-corrected chi connectivity index (χ0v) is 10.1. The smallest absolute Gasteiger partial charge is 0.255 e. The van der Waals surface area contributed by atoms with Crippen molar-refractivity contribution < 1.29 is 4.79 Å². The van der Waals surface area contributed by atoms with Crippen molar-refractivity contribution in [1.82, 2.24) is 9.88 Å². The van der Waals surface area contributed by atoms with Crippen molar-refractivity contribution in [3.63, 3.8) is 0 Å². The maximum atomic E-state index is 12.2. The van der Waals surface area contributed by atoms with E-state index in [4.69, 9.17) is 11.6 Å². The Morgan fingerprint density at radius 1 is 1.50 bits per heavy atom. The van der Waals surface area contributed by atoms with E-state index in [1.807, 2.05) is 4.90 Å². The fraction of sp³-hybridized carbons (Fsp3) is 0.500. The van der Waals surface area contributed by atoms with E-state index < -0.39 is 0 Å². The Hall–Kier alpha value is -1.09. The van der Waals surface area contributed by atoms with Gasteiger partial charge >= 0.3 is 0 Å². The van der Waals surface area contributed by atoms with Crippen LogP contribution in [0.4, 0.5) is 0 Å². The molecule has 0 radical (unpaired) electrons. The number of nitrogens with zero attached hydrogens (tertiary/aromatic N) is 2. The molecule has 0 N–H and O–H groups in total. The maximum Gasteiger partial charge on any atom is 0.255 e.